The minimum absolute atomic E-state index is 0.209. The van der Waals surface area contributed by atoms with Crippen molar-refractivity contribution in [3.8, 4) is 11.5 Å². The molecule has 1 aliphatic heterocycles. The van der Waals surface area contributed by atoms with Gasteiger partial charge in [0.1, 0.15) is 11.5 Å². The molecule has 0 saturated heterocycles. The second kappa shape index (κ2) is 9.83. The Balaban J connectivity index is 2.12. The summed E-state index contributed by atoms with van der Waals surface area (Å²) in [6.45, 7) is 6.13. The van der Waals surface area contributed by atoms with Gasteiger partial charge in [0.2, 0.25) is 0 Å². The molecule has 1 heterocycles. The maximum atomic E-state index is 13.5. The molecule has 6 nitrogen and oxygen atoms in total. The minimum Gasteiger partial charge on any atom is -0.496 e. The van der Waals surface area contributed by atoms with E-state index in [9.17, 15) is 9.59 Å². The minimum atomic E-state index is -0.540. The van der Waals surface area contributed by atoms with Crippen LogP contribution in [-0.4, -0.2) is 32.2 Å². The van der Waals surface area contributed by atoms with E-state index < -0.39 is 5.97 Å². The number of carbonyl (C=O) groups is 2. The average Bonchev–Trinajstić information content (AvgIpc) is 2.99. The molecule has 0 saturated carbocycles. The third-order valence-electron chi connectivity index (χ3n) is 4.78. The van der Waals surface area contributed by atoms with Crippen molar-refractivity contribution in [1.82, 2.24) is 0 Å². The quantitative estimate of drug-likeness (QED) is 0.402. The van der Waals surface area contributed by atoms with Crippen LogP contribution in [-0.2, 0) is 14.3 Å². The molecule has 1 aliphatic rings. The fraction of sp³-hybridized carbons (Fsp3) is 0.250. The lowest BCUT2D eigenvalue weighted by molar-refractivity contribution is -0.138. The number of ether oxygens (including phenoxy) is 3. The van der Waals surface area contributed by atoms with Gasteiger partial charge in [-0.05, 0) is 69.3 Å². The molecule has 2 aromatic rings. The predicted molar refractivity (Wildman–Crippen MR) is 123 cm³/mol. The molecule has 0 aliphatic carbocycles. The van der Waals surface area contributed by atoms with Crippen LogP contribution in [0.5, 0.6) is 11.5 Å². The van der Waals surface area contributed by atoms with Gasteiger partial charge in [-0.3, -0.25) is 9.69 Å². The van der Waals surface area contributed by atoms with Crippen molar-refractivity contribution in [2.45, 2.75) is 20.8 Å². The number of esters is 1. The van der Waals surface area contributed by atoms with Gasteiger partial charge < -0.3 is 14.2 Å². The zero-order chi connectivity index (χ0) is 22.5. The van der Waals surface area contributed by atoms with Gasteiger partial charge in [0.15, 0.2) is 0 Å². The average molecular weight is 486 g/mol. The molecule has 0 spiro atoms. The second-order valence-electron chi connectivity index (χ2n) is 6.69. The van der Waals surface area contributed by atoms with E-state index in [1.54, 1.807) is 57.4 Å². The molecule has 1 amide bonds. The fourth-order valence-corrected chi connectivity index (χ4v) is 3.80. The Morgan fingerprint density at radius 3 is 2.42 bits per heavy atom. The SMILES string of the molecule is CCOC(=O)C1=C(C)N(c2ccc(OCC)cc2)C(=O)/C1=C\c1cc(Br)ccc1OC. The van der Waals surface area contributed by atoms with Crippen LogP contribution in [0.3, 0.4) is 0 Å². The number of allylic oxidation sites excluding steroid dienone is 1. The van der Waals surface area contributed by atoms with Crippen molar-refractivity contribution in [3.05, 3.63) is 69.3 Å². The lowest BCUT2D eigenvalue weighted by Crippen LogP contribution is -2.24. The molecule has 0 radical (unpaired) electrons. The zero-order valence-electron chi connectivity index (χ0n) is 17.9. The Kier molecular flexibility index (Phi) is 7.17. The molecule has 0 bridgehead atoms. The molecule has 0 aromatic heterocycles. The van der Waals surface area contributed by atoms with Gasteiger partial charge in [0.25, 0.3) is 5.91 Å². The lowest BCUT2D eigenvalue weighted by atomic mass is 10.0. The summed E-state index contributed by atoms with van der Waals surface area (Å²) in [5.74, 6) is 0.442. The first kappa shape index (κ1) is 22.6. The number of halogens is 1. The maximum absolute atomic E-state index is 13.5. The summed E-state index contributed by atoms with van der Waals surface area (Å²) in [6.07, 6.45) is 1.66. The van der Waals surface area contributed by atoms with Crippen molar-refractivity contribution < 1.29 is 23.8 Å². The number of anilines is 1. The monoisotopic (exact) mass is 485 g/mol. The number of benzene rings is 2. The summed E-state index contributed by atoms with van der Waals surface area (Å²) in [5.41, 5.74) is 2.30. The molecule has 3 rings (SSSR count). The van der Waals surface area contributed by atoms with E-state index in [4.69, 9.17) is 14.2 Å². The van der Waals surface area contributed by atoms with Gasteiger partial charge in [0, 0.05) is 21.4 Å². The van der Waals surface area contributed by atoms with E-state index in [1.165, 1.54) is 4.90 Å². The molecule has 0 atom stereocenters. The highest BCUT2D eigenvalue weighted by atomic mass is 79.9. The highest BCUT2D eigenvalue weighted by molar-refractivity contribution is 9.10. The molecule has 7 heteroatoms. The van der Waals surface area contributed by atoms with E-state index in [2.05, 4.69) is 15.9 Å². The number of nitrogens with zero attached hydrogens (tertiary/aromatic N) is 1. The molecular formula is C24H24BrNO5. The van der Waals surface area contributed by atoms with Crippen LogP contribution < -0.4 is 14.4 Å². The van der Waals surface area contributed by atoms with Crippen LogP contribution in [0.1, 0.15) is 26.3 Å². The number of methoxy groups -OCH3 is 1. The number of amides is 1. The topological polar surface area (TPSA) is 65.1 Å². The van der Waals surface area contributed by atoms with Gasteiger partial charge >= 0.3 is 5.97 Å². The van der Waals surface area contributed by atoms with E-state index in [-0.39, 0.29) is 23.7 Å². The van der Waals surface area contributed by atoms with Crippen molar-refractivity contribution in [2.24, 2.45) is 0 Å². The zero-order valence-corrected chi connectivity index (χ0v) is 19.5. The van der Waals surface area contributed by atoms with Gasteiger partial charge in [-0.25, -0.2) is 4.79 Å². The van der Waals surface area contributed by atoms with Crippen LogP contribution in [0.4, 0.5) is 5.69 Å². The van der Waals surface area contributed by atoms with Crippen LogP contribution in [0.15, 0.2) is 63.8 Å². The third-order valence-corrected chi connectivity index (χ3v) is 5.27. The van der Waals surface area contributed by atoms with E-state index >= 15 is 0 Å². The fourth-order valence-electron chi connectivity index (χ4n) is 3.42. The van der Waals surface area contributed by atoms with Crippen LogP contribution in [0.2, 0.25) is 0 Å². The first-order chi connectivity index (χ1) is 14.9. The van der Waals surface area contributed by atoms with Gasteiger partial charge in [-0.2, -0.15) is 0 Å². The Hall–Kier alpha value is -3.06. The number of hydrogen-bond acceptors (Lipinski definition) is 5. The lowest BCUT2D eigenvalue weighted by Gasteiger charge is -2.18. The van der Waals surface area contributed by atoms with Gasteiger partial charge in [0.05, 0.1) is 31.5 Å². The first-order valence-electron chi connectivity index (χ1n) is 9.92. The summed E-state index contributed by atoms with van der Waals surface area (Å²) >= 11 is 3.44. The Morgan fingerprint density at radius 2 is 1.81 bits per heavy atom. The first-order valence-corrected chi connectivity index (χ1v) is 10.7. The van der Waals surface area contributed by atoms with E-state index in [1.807, 2.05) is 19.1 Å². The smallest absolute Gasteiger partial charge is 0.340 e. The molecule has 2 aromatic carbocycles. The second-order valence-corrected chi connectivity index (χ2v) is 7.61. The van der Waals surface area contributed by atoms with E-state index in [0.29, 0.717) is 35.1 Å². The number of rotatable bonds is 7. The molecule has 0 unspecified atom stereocenters. The van der Waals surface area contributed by atoms with Gasteiger partial charge in [-0.1, -0.05) is 15.9 Å². The summed E-state index contributed by atoms with van der Waals surface area (Å²) in [6, 6.07) is 12.6. The summed E-state index contributed by atoms with van der Waals surface area (Å²) in [5, 5.41) is 0. The van der Waals surface area contributed by atoms with Gasteiger partial charge in [-0.15, -0.1) is 0 Å². The van der Waals surface area contributed by atoms with Crippen molar-refractivity contribution in [3.63, 3.8) is 0 Å². The highest BCUT2D eigenvalue weighted by Gasteiger charge is 2.38. The molecule has 0 fully saturated rings. The number of hydrogen-bond donors (Lipinski definition) is 0. The molecule has 31 heavy (non-hydrogen) atoms. The van der Waals surface area contributed by atoms with Crippen LogP contribution >= 0.6 is 15.9 Å². The largest absolute Gasteiger partial charge is 0.496 e. The normalized spacial score (nSPS) is 14.9. The highest BCUT2D eigenvalue weighted by Crippen LogP contribution is 2.37. The summed E-state index contributed by atoms with van der Waals surface area (Å²) in [4.78, 5) is 27.8. The van der Waals surface area contributed by atoms with Crippen molar-refractivity contribution in [1.29, 1.82) is 0 Å². The molecular weight excluding hydrogens is 462 g/mol. The summed E-state index contributed by atoms with van der Waals surface area (Å²) < 4.78 is 17.0. The Morgan fingerprint density at radius 1 is 1.10 bits per heavy atom. The Labute approximate surface area is 190 Å². The standard InChI is InChI=1S/C24H24BrNO5/c1-5-30-19-10-8-18(9-11-19)26-15(3)22(24(28)31-6-2)20(23(26)27)14-16-13-17(25)7-12-21(16)29-4/h7-14H,5-6H2,1-4H3/b20-14-. The third kappa shape index (κ3) is 4.66. The summed E-state index contributed by atoms with van der Waals surface area (Å²) in [7, 11) is 1.56. The molecule has 162 valence electrons. The maximum Gasteiger partial charge on any atom is 0.340 e. The van der Waals surface area contributed by atoms with Crippen molar-refractivity contribution >= 4 is 39.6 Å². The van der Waals surface area contributed by atoms with Crippen LogP contribution in [0.25, 0.3) is 6.08 Å². The Bertz CT molecular complexity index is 1060. The predicted octanol–water partition coefficient (Wildman–Crippen LogP) is 5.12. The molecule has 0 N–H and O–H groups in total. The number of carbonyl (C=O) groups excluding carboxylic acids is 2. The van der Waals surface area contributed by atoms with Crippen LogP contribution in [0, 0.1) is 0 Å². The van der Waals surface area contributed by atoms with E-state index in [0.717, 1.165) is 4.47 Å². The van der Waals surface area contributed by atoms with Crippen molar-refractivity contribution in [2.75, 3.05) is 25.2 Å².